The highest BCUT2D eigenvalue weighted by atomic mass is 15.4. The third-order valence-electron chi connectivity index (χ3n) is 2.61. The van der Waals surface area contributed by atoms with Crippen molar-refractivity contribution in [1.29, 1.82) is 0 Å². The highest BCUT2D eigenvalue weighted by molar-refractivity contribution is 5.16. The van der Waals surface area contributed by atoms with Crippen LogP contribution >= 0.6 is 0 Å². The summed E-state index contributed by atoms with van der Waals surface area (Å²) in [7, 11) is 1.95. The van der Waals surface area contributed by atoms with Crippen molar-refractivity contribution in [2.75, 3.05) is 5.43 Å². The Morgan fingerprint density at radius 3 is 2.40 bits per heavy atom. The molecule has 0 fully saturated rings. The first kappa shape index (κ1) is 9.83. The van der Waals surface area contributed by atoms with Gasteiger partial charge in [0.25, 0.3) is 0 Å². The van der Waals surface area contributed by atoms with Gasteiger partial charge in [-0.2, -0.15) is 5.10 Å². The van der Waals surface area contributed by atoms with Crippen LogP contribution in [0.5, 0.6) is 0 Å². The summed E-state index contributed by atoms with van der Waals surface area (Å²) >= 11 is 0. The smallest absolute Gasteiger partial charge is 0.0733 e. The lowest BCUT2D eigenvalue weighted by atomic mass is 10.4. The summed E-state index contributed by atoms with van der Waals surface area (Å²) in [5, 5.41) is 4.13. The van der Waals surface area contributed by atoms with Gasteiger partial charge in [0.05, 0.1) is 12.2 Å². The Labute approximate surface area is 89.5 Å². The second-order valence-corrected chi connectivity index (χ2v) is 3.73. The van der Waals surface area contributed by atoms with E-state index in [2.05, 4.69) is 41.2 Å². The summed E-state index contributed by atoms with van der Waals surface area (Å²) in [6.07, 6.45) is 1.81. The molecule has 0 aliphatic carbocycles. The molecule has 0 amide bonds. The molecule has 2 rings (SSSR count). The number of hydrogen-bond donors (Lipinski definition) is 1. The molecule has 0 saturated heterocycles. The van der Waals surface area contributed by atoms with Crippen LogP contribution in [-0.4, -0.2) is 14.5 Å². The summed E-state index contributed by atoms with van der Waals surface area (Å²) < 4.78 is 3.97. The van der Waals surface area contributed by atoms with E-state index in [-0.39, 0.29) is 0 Å². The van der Waals surface area contributed by atoms with Gasteiger partial charge in [-0.05, 0) is 32.0 Å². The standard InChI is InChI=1S/C11H16N4/c1-9-4-5-10(2)15(9)13-8-11-6-7-12-14(11)3/h4-7,13H,8H2,1-3H3. The van der Waals surface area contributed by atoms with E-state index >= 15 is 0 Å². The fourth-order valence-corrected chi connectivity index (χ4v) is 1.65. The SMILES string of the molecule is Cc1ccc(C)n1NCc1ccnn1C. The fraction of sp³-hybridized carbons (Fsp3) is 0.364. The van der Waals surface area contributed by atoms with Gasteiger partial charge < -0.3 is 5.43 Å². The number of hydrogen-bond acceptors (Lipinski definition) is 2. The Morgan fingerprint density at radius 1 is 1.20 bits per heavy atom. The summed E-state index contributed by atoms with van der Waals surface area (Å²) in [6.45, 7) is 4.96. The summed E-state index contributed by atoms with van der Waals surface area (Å²) in [4.78, 5) is 0. The average molecular weight is 204 g/mol. The van der Waals surface area contributed by atoms with Gasteiger partial charge in [-0.25, -0.2) is 0 Å². The maximum absolute atomic E-state index is 4.13. The van der Waals surface area contributed by atoms with Gasteiger partial charge in [-0.1, -0.05) is 0 Å². The lowest BCUT2D eigenvalue weighted by Gasteiger charge is -2.12. The van der Waals surface area contributed by atoms with Crippen molar-refractivity contribution in [3.05, 3.63) is 41.5 Å². The molecule has 0 radical (unpaired) electrons. The molecule has 0 bridgehead atoms. The first-order valence-electron chi connectivity index (χ1n) is 5.04. The number of nitrogens with one attached hydrogen (secondary N) is 1. The Morgan fingerprint density at radius 2 is 1.87 bits per heavy atom. The normalized spacial score (nSPS) is 10.6. The quantitative estimate of drug-likeness (QED) is 0.823. The van der Waals surface area contributed by atoms with E-state index < -0.39 is 0 Å². The summed E-state index contributed by atoms with van der Waals surface area (Å²) in [6, 6.07) is 6.22. The van der Waals surface area contributed by atoms with Gasteiger partial charge >= 0.3 is 0 Å². The molecule has 0 saturated carbocycles. The zero-order valence-electron chi connectivity index (χ0n) is 9.36. The molecule has 2 aromatic heterocycles. The van der Waals surface area contributed by atoms with Crippen LogP contribution in [-0.2, 0) is 13.6 Å². The van der Waals surface area contributed by atoms with Crippen molar-refractivity contribution in [1.82, 2.24) is 14.5 Å². The van der Waals surface area contributed by atoms with Crippen LogP contribution in [0.4, 0.5) is 0 Å². The number of nitrogens with zero attached hydrogens (tertiary/aromatic N) is 3. The van der Waals surface area contributed by atoms with Crippen LogP contribution < -0.4 is 5.43 Å². The predicted octanol–water partition coefficient (Wildman–Crippen LogP) is 1.58. The maximum Gasteiger partial charge on any atom is 0.0733 e. The molecular weight excluding hydrogens is 188 g/mol. The largest absolute Gasteiger partial charge is 0.320 e. The molecule has 0 aliphatic heterocycles. The Kier molecular flexibility index (Phi) is 2.49. The van der Waals surface area contributed by atoms with Crippen molar-refractivity contribution in [3.8, 4) is 0 Å². The Balaban J connectivity index is 2.08. The van der Waals surface area contributed by atoms with Crippen LogP contribution in [0.25, 0.3) is 0 Å². The molecule has 15 heavy (non-hydrogen) atoms. The Hall–Kier alpha value is -1.71. The van der Waals surface area contributed by atoms with Gasteiger partial charge in [-0.3, -0.25) is 9.36 Å². The van der Waals surface area contributed by atoms with Crippen LogP contribution in [0.1, 0.15) is 17.1 Å². The van der Waals surface area contributed by atoms with E-state index in [1.807, 2.05) is 24.0 Å². The molecular formula is C11H16N4. The second kappa shape index (κ2) is 3.81. The van der Waals surface area contributed by atoms with Crippen molar-refractivity contribution >= 4 is 0 Å². The first-order chi connectivity index (χ1) is 7.18. The second-order valence-electron chi connectivity index (χ2n) is 3.73. The minimum Gasteiger partial charge on any atom is -0.320 e. The molecule has 4 nitrogen and oxygen atoms in total. The van der Waals surface area contributed by atoms with Crippen LogP contribution in [0.2, 0.25) is 0 Å². The zero-order chi connectivity index (χ0) is 10.8. The molecule has 2 heterocycles. The fourth-order valence-electron chi connectivity index (χ4n) is 1.65. The highest BCUT2D eigenvalue weighted by Crippen LogP contribution is 2.05. The third kappa shape index (κ3) is 1.88. The lowest BCUT2D eigenvalue weighted by molar-refractivity contribution is 0.690. The number of aromatic nitrogens is 3. The molecule has 80 valence electrons. The van der Waals surface area contributed by atoms with Crippen LogP contribution in [0, 0.1) is 13.8 Å². The molecule has 0 aromatic carbocycles. The van der Waals surface area contributed by atoms with E-state index in [9.17, 15) is 0 Å². The highest BCUT2D eigenvalue weighted by Gasteiger charge is 2.01. The van der Waals surface area contributed by atoms with E-state index in [1.165, 1.54) is 17.1 Å². The van der Waals surface area contributed by atoms with Gasteiger partial charge in [0.1, 0.15) is 0 Å². The topological polar surface area (TPSA) is 34.8 Å². The average Bonchev–Trinajstić information content (AvgIpc) is 2.73. The molecule has 0 unspecified atom stereocenters. The minimum atomic E-state index is 0.785. The summed E-state index contributed by atoms with van der Waals surface area (Å²) in [5.41, 5.74) is 6.96. The van der Waals surface area contributed by atoms with Gasteiger partial charge in [-0.15, -0.1) is 0 Å². The number of rotatable bonds is 3. The summed E-state index contributed by atoms with van der Waals surface area (Å²) in [5.74, 6) is 0. The van der Waals surface area contributed by atoms with E-state index in [0.717, 1.165) is 6.54 Å². The van der Waals surface area contributed by atoms with Gasteiger partial charge in [0.15, 0.2) is 0 Å². The molecule has 0 atom stereocenters. The maximum atomic E-state index is 4.13. The molecule has 0 aliphatic rings. The molecule has 0 spiro atoms. The van der Waals surface area contributed by atoms with E-state index in [4.69, 9.17) is 0 Å². The monoisotopic (exact) mass is 204 g/mol. The van der Waals surface area contributed by atoms with Crippen molar-refractivity contribution < 1.29 is 0 Å². The van der Waals surface area contributed by atoms with E-state index in [0.29, 0.717) is 0 Å². The van der Waals surface area contributed by atoms with E-state index in [1.54, 1.807) is 0 Å². The lowest BCUT2D eigenvalue weighted by Crippen LogP contribution is -2.18. The van der Waals surface area contributed by atoms with Crippen LogP contribution in [0.15, 0.2) is 24.4 Å². The van der Waals surface area contributed by atoms with Gasteiger partial charge in [0.2, 0.25) is 0 Å². The minimum absolute atomic E-state index is 0.785. The third-order valence-corrected chi connectivity index (χ3v) is 2.61. The molecule has 2 aromatic rings. The van der Waals surface area contributed by atoms with Gasteiger partial charge in [0, 0.05) is 24.6 Å². The van der Waals surface area contributed by atoms with Crippen molar-refractivity contribution in [3.63, 3.8) is 0 Å². The van der Waals surface area contributed by atoms with Crippen molar-refractivity contribution in [2.24, 2.45) is 7.05 Å². The number of aryl methyl sites for hydroxylation is 3. The van der Waals surface area contributed by atoms with Crippen LogP contribution in [0.3, 0.4) is 0 Å². The Bertz CT molecular complexity index is 433. The van der Waals surface area contributed by atoms with Crippen molar-refractivity contribution in [2.45, 2.75) is 20.4 Å². The molecule has 4 heteroatoms. The first-order valence-corrected chi connectivity index (χ1v) is 5.04. The molecule has 1 N–H and O–H groups in total. The predicted molar refractivity (Wildman–Crippen MR) is 60.2 cm³/mol. The zero-order valence-corrected chi connectivity index (χ0v) is 9.36.